The summed E-state index contributed by atoms with van der Waals surface area (Å²) < 4.78 is 22.7. The van der Waals surface area contributed by atoms with Crippen LogP contribution in [0.25, 0.3) is 0 Å². The fraction of sp³-hybridized carbons (Fsp3) is 0.840. The highest BCUT2D eigenvalue weighted by Gasteiger charge is 2.70. The smallest absolute Gasteiger partial charge is 0.408 e. The number of hydrogen-bond acceptors (Lipinski definition) is 6. The van der Waals surface area contributed by atoms with Crippen molar-refractivity contribution in [2.45, 2.75) is 91.1 Å². The highest BCUT2D eigenvalue weighted by molar-refractivity contribution is 5.82. The molecule has 2 aliphatic carbocycles. The summed E-state index contributed by atoms with van der Waals surface area (Å²) in [6, 6.07) is -0.798. The lowest BCUT2D eigenvalue weighted by Gasteiger charge is -2.44. The minimum absolute atomic E-state index is 0.0988. The monoisotopic (exact) mass is 451 g/mol. The molecule has 7 nitrogen and oxygen atoms in total. The van der Waals surface area contributed by atoms with Gasteiger partial charge in [-0.25, -0.2) is 9.59 Å². The van der Waals surface area contributed by atoms with Crippen LogP contribution in [0.4, 0.5) is 4.79 Å². The molecule has 182 valence electrons. The second-order valence-electron chi connectivity index (χ2n) is 11.4. The topological polar surface area (TPSA) is 86.4 Å². The first kappa shape index (κ1) is 25.0. The molecule has 0 aromatic carbocycles. The molecular weight excluding hydrogens is 410 g/mol. The van der Waals surface area contributed by atoms with Gasteiger partial charge >= 0.3 is 12.1 Å². The second-order valence-corrected chi connectivity index (χ2v) is 11.4. The zero-order valence-electron chi connectivity index (χ0n) is 20.9. The van der Waals surface area contributed by atoms with Crippen LogP contribution in [0, 0.1) is 22.7 Å². The van der Waals surface area contributed by atoms with Gasteiger partial charge in [-0.1, -0.05) is 39.3 Å². The number of hydrogen-bond donors (Lipinski definition) is 1. The number of carbonyl (C=O) groups excluding carboxylic acids is 2. The minimum Gasteiger partial charge on any atom is -0.467 e. The first-order valence-corrected chi connectivity index (χ1v) is 11.7. The van der Waals surface area contributed by atoms with E-state index in [4.69, 9.17) is 18.9 Å². The molecule has 1 amide bonds. The van der Waals surface area contributed by atoms with Gasteiger partial charge in [0.1, 0.15) is 18.2 Å². The van der Waals surface area contributed by atoms with Crippen LogP contribution in [-0.4, -0.2) is 56.7 Å². The summed E-state index contributed by atoms with van der Waals surface area (Å²) in [5, 5.41) is 2.72. The molecule has 1 aliphatic heterocycles. The lowest BCUT2D eigenvalue weighted by molar-refractivity contribution is -0.146. The van der Waals surface area contributed by atoms with Crippen molar-refractivity contribution in [1.82, 2.24) is 5.32 Å². The Balaban J connectivity index is 1.72. The van der Waals surface area contributed by atoms with Gasteiger partial charge in [0.05, 0.1) is 19.3 Å². The van der Waals surface area contributed by atoms with Crippen LogP contribution in [0.2, 0.25) is 0 Å². The summed E-state index contributed by atoms with van der Waals surface area (Å²) in [7, 11) is 3.01. The number of alkyl carbamates (subject to hydrolysis) is 1. The van der Waals surface area contributed by atoms with E-state index in [0.29, 0.717) is 12.3 Å². The van der Waals surface area contributed by atoms with Gasteiger partial charge < -0.3 is 24.3 Å². The molecule has 0 radical (unpaired) electrons. The second kappa shape index (κ2) is 8.98. The van der Waals surface area contributed by atoms with Gasteiger partial charge in [0.15, 0.2) is 0 Å². The van der Waals surface area contributed by atoms with Crippen molar-refractivity contribution in [2.24, 2.45) is 22.7 Å². The summed E-state index contributed by atoms with van der Waals surface area (Å²) in [6.07, 6.45) is 4.76. The lowest BCUT2D eigenvalue weighted by atomic mass is 9.67. The molecule has 1 spiro atoms. The van der Waals surface area contributed by atoms with Gasteiger partial charge in [-0.15, -0.1) is 0 Å². The van der Waals surface area contributed by atoms with Crippen LogP contribution < -0.4 is 5.32 Å². The van der Waals surface area contributed by atoms with E-state index in [9.17, 15) is 9.59 Å². The highest BCUT2D eigenvalue weighted by atomic mass is 16.6. The Bertz CT molecular complexity index is 748. The molecule has 7 heteroatoms. The molecule has 1 saturated heterocycles. The molecule has 2 saturated carbocycles. The third kappa shape index (κ3) is 4.98. The summed E-state index contributed by atoms with van der Waals surface area (Å²) in [5.74, 6) is 0.261. The van der Waals surface area contributed by atoms with Gasteiger partial charge in [0, 0.05) is 13.0 Å². The van der Waals surface area contributed by atoms with Crippen molar-refractivity contribution in [1.29, 1.82) is 0 Å². The van der Waals surface area contributed by atoms with E-state index in [1.54, 1.807) is 7.11 Å². The number of carbonyl (C=O) groups is 2. The predicted octanol–water partition coefficient (Wildman–Crippen LogP) is 4.25. The van der Waals surface area contributed by atoms with Gasteiger partial charge in [0.2, 0.25) is 0 Å². The third-order valence-electron chi connectivity index (χ3n) is 7.70. The lowest BCUT2D eigenvalue weighted by Crippen LogP contribution is -2.55. The van der Waals surface area contributed by atoms with E-state index in [-0.39, 0.29) is 29.1 Å². The minimum atomic E-state index is -0.798. The number of ether oxygens (including phenoxy) is 4. The maximum Gasteiger partial charge on any atom is 0.408 e. The molecule has 0 bridgehead atoms. The van der Waals surface area contributed by atoms with Crippen LogP contribution in [0.5, 0.6) is 0 Å². The first-order chi connectivity index (χ1) is 14.9. The van der Waals surface area contributed by atoms with E-state index >= 15 is 0 Å². The Hall–Kier alpha value is -1.60. The van der Waals surface area contributed by atoms with Crippen LogP contribution in [0.3, 0.4) is 0 Å². The van der Waals surface area contributed by atoms with Crippen molar-refractivity contribution < 1.29 is 28.5 Å². The number of allylic oxidation sites excluding steroid dienone is 2. The largest absolute Gasteiger partial charge is 0.467 e. The first-order valence-electron chi connectivity index (χ1n) is 11.7. The molecule has 32 heavy (non-hydrogen) atoms. The Morgan fingerprint density at radius 3 is 2.41 bits per heavy atom. The molecule has 1 N–H and O–H groups in total. The number of esters is 1. The van der Waals surface area contributed by atoms with Gasteiger partial charge in [-0.05, 0) is 56.3 Å². The van der Waals surface area contributed by atoms with Crippen molar-refractivity contribution in [2.75, 3.05) is 20.8 Å². The number of rotatable bonds is 7. The average Bonchev–Trinajstić information content (AvgIpc) is 3.62. The molecule has 0 unspecified atom stereocenters. The zero-order valence-corrected chi connectivity index (χ0v) is 20.9. The van der Waals surface area contributed by atoms with E-state index in [2.05, 4.69) is 32.2 Å². The summed E-state index contributed by atoms with van der Waals surface area (Å²) in [4.78, 5) is 25.0. The molecule has 0 aromatic rings. The highest BCUT2D eigenvalue weighted by Crippen LogP contribution is 2.68. The van der Waals surface area contributed by atoms with Crippen molar-refractivity contribution in [3.63, 3.8) is 0 Å². The van der Waals surface area contributed by atoms with Crippen molar-refractivity contribution in [3.05, 3.63) is 11.6 Å². The number of nitrogens with one attached hydrogen (secondary N) is 1. The summed E-state index contributed by atoms with van der Waals surface area (Å²) in [6.45, 7) is 13.0. The van der Waals surface area contributed by atoms with E-state index in [1.165, 1.54) is 12.7 Å². The van der Waals surface area contributed by atoms with E-state index < -0.39 is 23.5 Å². The van der Waals surface area contributed by atoms with Crippen molar-refractivity contribution in [3.8, 4) is 0 Å². The number of epoxide rings is 1. The molecular formula is C25H41NO6. The summed E-state index contributed by atoms with van der Waals surface area (Å²) >= 11 is 0. The van der Waals surface area contributed by atoms with Crippen LogP contribution in [-0.2, 0) is 23.7 Å². The fourth-order valence-corrected chi connectivity index (χ4v) is 5.65. The summed E-state index contributed by atoms with van der Waals surface area (Å²) in [5.41, 5.74) is 0.765. The molecule has 3 fully saturated rings. The van der Waals surface area contributed by atoms with E-state index in [0.717, 1.165) is 25.9 Å². The zero-order chi connectivity index (χ0) is 23.9. The van der Waals surface area contributed by atoms with Gasteiger partial charge in [-0.3, -0.25) is 0 Å². The normalized spacial score (nSPS) is 36.8. The molecule has 3 aliphatic rings. The SMILES string of the molecule is COC(=O)[C@H](NC(=O)O[C@@H]1CC[C@]2(CO2)[C@@H]([C@@]2(C)C[C@@H]2CC=C(C)C)[C@@H]1OC)C(C)(C)C. The Kier molecular flexibility index (Phi) is 7.02. The third-order valence-corrected chi connectivity index (χ3v) is 7.70. The predicted molar refractivity (Wildman–Crippen MR) is 121 cm³/mol. The molecule has 0 aromatic heterocycles. The maximum absolute atomic E-state index is 12.8. The maximum atomic E-state index is 12.8. The Morgan fingerprint density at radius 1 is 1.25 bits per heavy atom. The molecule has 3 rings (SSSR count). The number of amides is 1. The van der Waals surface area contributed by atoms with Gasteiger partial charge in [0.25, 0.3) is 0 Å². The van der Waals surface area contributed by atoms with Crippen LogP contribution in [0.1, 0.15) is 67.2 Å². The van der Waals surface area contributed by atoms with Crippen LogP contribution in [0.15, 0.2) is 11.6 Å². The fourth-order valence-electron chi connectivity index (χ4n) is 5.65. The quantitative estimate of drug-likeness (QED) is 0.354. The Labute approximate surface area is 192 Å². The molecule has 7 atom stereocenters. The van der Waals surface area contributed by atoms with Crippen LogP contribution >= 0.6 is 0 Å². The van der Waals surface area contributed by atoms with E-state index in [1.807, 2.05) is 20.8 Å². The number of methoxy groups -OCH3 is 2. The van der Waals surface area contributed by atoms with Crippen molar-refractivity contribution >= 4 is 12.1 Å². The Morgan fingerprint density at radius 2 is 1.91 bits per heavy atom. The standard InChI is InChI=1S/C25H41NO6/c1-15(2)9-10-16-13-24(16,6)19-18(29-7)17(11-12-25(19)14-31-25)32-22(28)26-20(21(27)30-8)23(3,4)5/h9,16-20H,10-14H2,1-8H3,(H,26,28)/t16-,17+,18+,19+,20-,24-,25-/m0/s1. The van der Waals surface area contributed by atoms with Gasteiger partial charge in [-0.2, -0.15) is 0 Å². The average molecular weight is 452 g/mol. The molecule has 1 heterocycles.